The summed E-state index contributed by atoms with van der Waals surface area (Å²) in [7, 11) is -1.15. The number of nitrogens with zero attached hydrogens (tertiary/aromatic N) is 2. The average Bonchev–Trinajstić information content (AvgIpc) is 2.77. The van der Waals surface area contributed by atoms with E-state index >= 15 is 0 Å². The number of hydrogen-bond acceptors (Lipinski definition) is 3. The summed E-state index contributed by atoms with van der Waals surface area (Å²) >= 11 is 0. The molecule has 3 aromatic rings. The van der Waals surface area contributed by atoms with Crippen LogP contribution < -0.4 is 9.62 Å². The lowest BCUT2D eigenvalue weighted by Gasteiger charge is -2.27. The molecule has 0 aromatic heterocycles. The number of halogens is 1. The van der Waals surface area contributed by atoms with Gasteiger partial charge in [0.25, 0.3) is 5.91 Å². The van der Waals surface area contributed by atoms with Gasteiger partial charge in [-0.1, -0.05) is 54.6 Å². The molecule has 0 radical (unpaired) electrons. The van der Waals surface area contributed by atoms with Crippen molar-refractivity contribution < 1.29 is 17.6 Å². The van der Waals surface area contributed by atoms with Crippen LogP contribution in [-0.2, 0) is 23.3 Å². The molecule has 6 nitrogen and oxygen atoms in total. The van der Waals surface area contributed by atoms with Gasteiger partial charge in [0.05, 0.1) is 12.2 Å². The van der Waals surface area contributed by atoms with E-state index in [-0.39, 0.29) is 18.1 Å². The van der Waals surface area contributed by atoms with Crippen molar-refractivity contribution in [3.63, 3.8) is 0 Å². The molecule has 8 heteroatoms. The summed E-state index contributed by atoms with van der Waals surface area (Å²) in [5.41, 5.74) is 2.02. The Hall–Kier alpha value is -3.23. The Bertz CT molecular complexity index is 1130. The summed E-state index contributed by atoms with van der Waals surface area (Å²) in [6, 6.07) is 21.8. The Kier molecular flexibility index (Phi) is 7.04. The second-order valence-corrected chi connectivity index (χ2v) is 9.18. The molecule has 0 spiro atoms. The zero-order chi connectivity index (χ0) is 22.4. The highest BCUT2D eigenvalue weighted by molar-refractivity contribution is 7.90. The number of para-hydroxylation sites is 1. The van der Waals surface area contributed by atoms with E-state index in [9.17, 15) is 17.6 Å². The minimum atomic E-state index is -3.93. The van der Waals surface area contributed by atoms with E-state index in [0.29, 0.717) is 17.7 Å². The summed E-state index contributed by atoms with van der Waals surface area (Å²) in [5.74, 6) is -0.868. The van der Waals surface area contributed by atoms with Gasteiger partial charge in [0.1, 0.15) is 5.82 Å². The van der Waals surface area contributed by atoms with Gasteiger partial charge < -0.3 is 5.32 Å². The Morgan fingerprint density at radius 3 is 2.10 bits per heavy atom. The number of carbonyl (C=O) groups is 1. The van der Waals surface area contributed by atoms with Gasteiger partial charge >= 0.3 is 10.2 Å². The quantitative estimate of drug-likeness (QED) is 0.581. The number of amides is 1. The molecule has 31 heavy (non-hydrogen) atoms. The van der Waals surface area contributed by atoms with Crippen LogP contribution in [0.25, 0.3) is 0 Å². The van der Waals surface area contributed by atoms with E-state index in [1.807, 2.05) is 30.3 Å². The lowest BCUT2D eigenvalue weighted by atomic mass is 10.1. The van der Waals surface area contributed by atoms with Crippen LogP contribution in [0.1, 0.15) is 21.5 Å². The highest BCUT2D eigenvalue weighted by Gasteiger charge is 2.27. The molecule has 0 fully saturated rings. The topological polar surface area (TPSA) is 69.7 Å². The Labute approximate surface area is 182 Å². The first-order chi connectivity index (χ1) is 14.8. The Balaban J connectivity index is 1.77. The normalized spacial score (nSPS) is 11.4. The SMILES string of the molecule is CN(C)S(=O)(=O)N(Cc1ccc(C(=O)NCc2ccccc2)cc1)c1ccccc1F. The van der Waals surface area contributed by atoms with Gasteiger partial charge in [0.15, 0.2) is 0 Å². The molecular formula is C23H24FN3O3S. The van der Waals surface area contributed by atoms with Gasteiger partial charge in [-0.3, -0.25) is 9.10 Å². The van der Waals surface area contributed by atoms with Crippen LogP contribution in [-0.4, -0.2) is 32.7 Å². The third-order valence-corrected chi connectivity index (χ3v) is 6.50. The van der Waals surface area contributed by atoms with Crippen LogP contribution in [0.4, 0.5) is 10.1 Å². The molecule has 0 saturated heterocycles. The van der Waals surface area contributed by atoms with Crippen molar-refractivity contribution in [1.82, 2.24) is 9.62 Å². The van der Waals surface area contributed by atoms with Crippen LogP contribution in [0.2, 0.25) is 0 Å². The molecule has 3 aromatic carbocycles. The second kappa shape index (κ2) is 9.72. The molecule has 1 amide bonds. The van der Waals surface area contributed by atoms with Crippen molar-refractivity contribution in [2.45, 2.75) is 13.1 Å². The van der Waals surface area contributed by atoms with Crippen LogP contribution in [0, 0.1) is 5.82 Å². The maximum Gasteiger partial charge on any atom is 0.303 e. The van der Waals surface area contributed by atoms with Gasteiger partial charge in [-0.15, -0.1) is 0 Å². The maximum atomic E-state index is 14.4. The van der Waals surface area contributed by atoms with Crippen molar-refractivity contribution in [3.8, 4) is 0 Å². The van der Waals surface area contributed by atoms with Crippen LogP contribution in [0.3, 0.4) is 0 Å². The standard InChI is InChI=1S/C23H24FN3O3S/c1-26(2)31(29,30)27(22-11-7-6-10-21(22)24)17-19-12-14-20(15-13-19)23(28)25-16-18-8-4-3-5-9-18/h3-15H,16-17H2,1-2H3,(H,25,28). The Morgan fingerprint density at radius 2 is 1.48 bits per heavy atom. The number of hydrogen-bond donors (Lipinski definition) is 1. The highest BCUT2D eigenvalue weighted by atomic mass is 32.2. The molecule has 0 aliphatic carbocycles. The second-order valence-electron chi connectivity index (χ2n) is 7.11. The maximum absolute atomic E-state index is 14.4. The summed E-state index contributed by atoms with van der Waals surface area (Å²) in [6.45, 7) is 0.330. The fourth-order valence-corrected chi connectivity index (χ4v) is 4.05. The molecule has 0 atom stereocenters. The van der Waals surface area contributed by atoms with Crippen molar-refractivity contribution in [1.29, 1.82) is 0 Å². The lowest BCUT2D eigenvalue weighted by Crippen LogP contribution is -2.40. The van der Waals surface area contributed by atoms with Gasteiger partial charge in [-0.05, 0) is 35.4 Å². The first-order valence-corrected chi connectivity index (χ1v) is 11.0. The molecule has 162 valence electrons. The lowest BCUT2D eigenvalue weighted by molar-refractivity contribution is 0.0951. The molecule has 0 aliphatic rings. The average molecular weight is 442 g/mol. The fourth-order valence-electron chi connectivity index (χ4n) is 2.95. The summed E-state index contributed by atoms with van der Waals surface area (Å²) in [4.78, 5) is 12.4. The molecule has 0 unspecified atom stereocenters. The molecule has 1 N–H and O–H groups in total. The zero-order valence-corrected chi connectivity index (χ0v) is 18.1. The largest absolute Gasteiger partial charge is 0.348 e. The number of rotatable bonds is 8. The van der Waals surface area contributed by atoms with E-state index in [4.69, 9.17) is 0 Å². The number of anilines is 1. The Morgan fingerprint density at radius 1 is 0.871 bits per heavy atom. The predicted octanol–water partition coefficient (Wildman–Crippen LogP) is 3.57. The summed E-state index contributed by atoms with van der Waals surface area (Å²) in [5, 5.41) is 2.85. The van der Waals surface area contributed by atoms with E-state index < -0.39 is 16.0 Å². The van der Waals surface area contributed by atoms with E-state index in [1.165, 1.54) is 32.3 Å². The predicted molar refractivity (Wildman–Crippen MR) is 119 cm³/mol. The van der Waals surface area contributed by atoms with E-state index in [1.54, 1.807) is 30.3 Å². The van der Waals surface area contributed by atoms with Gasteiger partial charge in [0.2, 0.25) is 0 Å². The first kappa shape index (κ1) is 22.5. The van der Waals surface area contributed by atoms with Gasteiger partial charge in [-0.25, -0.2) is 4.39 Å². The molecule has 0 saturated carbocycles. The highest BCUT2D eigenvalue weighted by Crippen LogP contribution is 2.25. The van der Waals surface area contributed by atoms with Crippen molar-refractivity contribution in [2.24, 2.45) is 0 Å². The number of benzene rings is 3. The molecule has 0 aliphatic heterocycles. The number of carbonyl (C=O) groups excluding carboxylic acids is 1. The van der Waals surface area contributed by atoms with E-state index in [2.05, 4.69) is 5.32 Å². The third kappa shape index (κ3) is 5.48. The molecule has 0 bridgehead atoms. The van der Waals surface area contributed by atoms with Gasteiger partial charge in [-0.2, -0.15) is 12.7 Å². The van der Waals surface area contributed by atoms with Crippen molar-refractivity contribution in [3.05, 3.63) is 101 Å². The number of nitrogens with one attached hydrogen (secondary N) is 1. The zero-order valence-electron chi connectivity index (χ0n) is 17.3. The minimum Gasteiger partial charge on any atom is -0.348 e. The third-order valence-electron chi connectivity index (χ3n) is 4.70. The summed E-state index contributed by atoms with van der Waals surface area (Å²) < 4.78 is 42.0. The van der Waals surface area contributed by atoms with Crippen LogP contribution >= 0.6 is 0 Å². The molecule has 0 heterocycles. The van der Waals surface area contributed by atoms with E-state index in [0.717, 1.165) is 14.2 Å². The first-order valence-electron chi connectivity index (χ1n) is 9.65. The minimum absolute atomic E-state index is 0.0409. The van der Waals surface area contributed by atoms with Gasteiger partial charge in [0, 0.05) is 26.2 Å². The molecule has 3 rings (SSSR count). The fraction of sp³-hybridized carbons (Fsp3) is 0.174. The van der Waals surface area contributed by atoms with Crippen LogP contribution in [0.15, 0.2) is 78.9 Å². The van der Waals surface area contributed by atoms with Crippen LogP contribution in [0.5, 0.6) is 0 Å². The summed E-state index contributed by atoms with van der Waals surface area (Å²) in [6.07, 6.45) is 0. The van der Waals surface area contributed by atoms with Crippen molar-refractivity contribution in [2.75, 3.05) is 18.4 Å². The smallest absolute Gasteiger partial charge is 0.303 e. The molecular weight excluding hydrogens is 417 g/mol. The van der Waals surface area contributed by atoms with Crippen molar-refractivity contribution >= 4 is 21.8 Å². The monoisotopic (exact) mass is 441 g/mol.